The van der Waals surface area contributed by atoms with Crippen molar-refractivity contribution in [1.82, 2.24) is 9.97 Å². The van der Waals surface area contributed by atoms with E-state index in [4.69, 9.17) is 10.00 Å². The lowest BCUT2D eigenvalue weighted by Gasteiger charge is -2.11. The minimum atomic E-state index is -4.01. The molecule has 0 unspecified atom stereocenters. The van der Waals surface area contributed by atoms with Gasteiger partial charge in [0.1, 0.15) is 17.4 Å². The molecule has 168 valence electrons. The molecule has 0 radical (unpaired) electrons. The predicted octanol–water partition coefficient (Wildman–Crippen LogP) is 2.97. The SMILES string of the molecule is CS(=O)(=O)c1nc(NCc2ccccc2)c([N+](=O)[O-])c(Oc2ccc(C#N)c([N+](=O)[O-])c2)n1. The fraction of sp³-hybridized carbons (Fsp3) is 0.105. The lowest BCUT2D eigenvalue weighted by Crippen LogP contribution is -2.12. The minimum Gasteiger partial charge on any atom is -0.433 e. The maximum atomic E-state index is 12.1. The summed E-state index contributed by atoms with van der Waals surface area (Å²) >= 11 is 0. The van der Waals surface area contributed by atoms with Crippen molar-refractivity contribution >= 4 is 27.0 Å². The lowest BCUT2D eigenvalue weighted by molar-refractivity contribution is -0.385. The Hall–Kier alpha value is -4.64. The highest BCUT2D eigenvalue weighted by molar-refractivity contribution is 7.90. The van der Waals surface area contributed by atoms with Gasteiger partial charge in [-0.3, -0.25) is 20.2 Å². The predicted molar refractivity (Wildman–Crippen MR) is 113 cm³/mol. The number of rotatable bonds is 8. The Labute approximate surface area is 186 Å². The third-order valence-corrected chi connectivity index (χ3v) is 5.00. The van der Waals surface area contributed by atoms with E-state index in [1.54, 1.807) is 36.4 Å². The van der Waals surface area contributed by atoms with Gasteiger partial charge in [-0.05, 0) is 17.7 Å². The Morgan fingerprint density at radius 3 is 2.36 bits per heavy atom. The number of benzene rings is 2. The zero-order chi connectivity index (χ0) is 24.2. The molecule has 0 amide bonds. The summed E-state index contributed by atoms with van der Waals surface area (Å²) in [6, 6.07) is 13.5. The molecule has 0 atom stereocenters. The highest BCUT2D eigenvalue weighted by Crippen LogP contribution is 2.37. The molecule has 1 N–H and O–H groups in total. The van der Waals surface area contributed by atoms with Crippen LogP contribution in [0.25, 0.3) is 0 Å². The third kappa shape index (κ3) is 5.35. The van der Waals surface area contributed by atoms with Crippen LogP contribution in [0.1, 0.15) is 11.1 Å². The number of hydrogen-bond donors (Lipinski definition) is 1. The molecule has 0 bridgehead atoms. The van der Waals surface area contributed by atoms with Crippen LogP contribution in [-0.2, 0) is 16.4 Å². The zero-order valence-corrected chi connectivity index (χ0v) is 17.6. The molecule has 2 aromatic carbocycles. The van der Waals surface area contributed by atoms with E-state index < -0.39 is 47.9 Å². The quantitative estimate of drug-likeness (QED) is 0.289. The summed E-state index contributed by atoms with van der Waals surface area (Å²) in [5.74, 6) is -1.43. The van der Waals surface area contributed by atoms with E-state index in [0.29, 0.717) is 0 Å². The van der Waals surface area contributed by atoms with Crippen molar-refractivity contribution in [2.24, 2.45) is 0 Å². The van der Waals surface area contributed by atoms with Crippen molar-refractivity contribution < 1.29 is 23.0 Å². The molecule has 0 aliphatic heterocycles. The number of nitro groups is 2. The van der Waals surface area contributed by atoms with E-state index in [1.807, 2.05) is 0 Å². The van der Waals surface area contributed by atoms with Crippen molar-refractivity contribution in [3.8, 4) is 17.7 Å². The second kappa shape index (κ2) is 9.24. The van der Waals surface area contributed by atoms with Gasteiger partial charge in [0, 0.05) is 12.8 Å². The molecule has 0 spiro atoms. The number of aromatic nitrogens is 2. The first-order valence-corrected chi connectivity index (χ1v) is 10.9. The second-order valence-electron chi connectivity index (χ2n) is 6.53. The fourth-order valence-corrected chi connectivity index (χ4v) is 3.16. The van der Waals surface area contributed by atoms with Crippen molar-refractivity contribution in [3.63, 3.8) is 0 Å². The minimum absolute atomic E-state index is 0.0731. The fourth-order valence-electron chi connectivity index (χ4n) is 2.65. The zero-order valence-electron chi connectivity index (χ0n) is 16.8. The normalized spacial score (nSPS) is 10.8. The summed E-state index contributed by atoms with van der Waals surface area (Å²) in [7, 11) is -4.01. The highest BCUT2D eigenvalue weighted by Gasteiger charge is 2.30. The first-order chi connectivity index (χ1) is 15.6. The Balaban J connectivity index is 2.11. The number of nitriles is 1. The molecule has 3 aromatic rings. The highest BCUT2D eigenvalue weighted by atomic mass is 32.2. The van der Waals surface area contributed by atoms with Crippen molar-refractivity contribution in [2.75, 3.05) is 11.6 Å². The largest absolute Gasteiger partial charge is 0.433 e. The summed E-state index contributed by atoms with van der Waals surface area (Å²) in [5, 5.41) is 33.9. The van der Waals surface area contributed by atoms with Crippen LogP contribution in [0.5, 0.6) is 11.6 Å². The Kier molecular flexibility index (Phi) is 6.45. The average Bonchev–Trinajstić information content (AvgIpc) is 2.77. The maximum absolute atomic E-state index is 12.1. The molecule has 14 heteroatoms. The number of nitrogens with one attached hydrogen (secondary N) is 1. The van der Waals surface area contributed by atoms with Crippen LogP contribution in [-0.4, -0.2) is 34.5 Å². The molecule has 1 aromatic heterocycles. The summed E-state index contributed by atoms with van der Waals surface area (Å²) in [5.41, 5.74) is -0.897. The van der Waals surface area contributed by atoms with Gasteiger partial charge < -0.3 is 10.1 Å². The molecule has 0 aliphatic carbocycles. The standard InChI is InChI=1S/C19H14N6O7S/c1-33(30,31)19-22-17(21-11-12-5-3-2-4-6-12)16(25(28)29)18(23-19)32-14-8-7-13(10-20)15(9-14)24(26)27/h2-9H,11H2,1H3,(H,21,22,23). The number of ether oxygens (including phenoxy) is 1. The molecule has 33 heavy (non-hydrogen) atoms. The van der Waals surface area contributed by atoms with E-state index in [-0.39, 0.29) is 17.9 Å². The van der Waals surface area contributed by atoms with E-state index >= 15 is 0 Å². The van der Waals surface area contributed by atoms with Gasteiger partial charge in [0.25, 0.3) is 10.8 Å². The summed E-state index contributed by atoms with van der Waals surface area (Å²) in [6.45, 7) is 0.0731. The smallest absolute Gasteiger partial charge is 0.373 e. The molecular formula is C19H14N6O7S. The van der Waals surface area contributed by atoms with E-state index in [2.05, 4.69) is 15.3 Å². The third-order valence-electron chi connectivity index (χ3n) is 4.15. The topological polar surface area (TPSA) is 191 Å². The first kappa shape index (κ1) is 23.0. The van der Waals surface area contributed by atoms with Crippen LogP contribution >= 0.6 is 0 Å². The molecule has 1 heterocycles. The molecule has 0 fully saturated rings. The van der Waals surface area contributed by atoms with Crippen molar-refractivity contribution in [1.29, 1.82) is 5.26 Å². The molecule has 3 rings (SSSR count). The Morgan fingerprint density at radius 1 is 1.09 bits per heavy atom. The summed E-state index contributed by atoms with van der Waals surface area (Å²) in [6.07, 6.45) is 0.811. The number of anilines is 1. The molecular weight excluding hydrogens is 456 g/mol. The second-order valence-corrected chi connectivity index (χ2v) is 8.44. The van der Waals surface area contributed by atoms with Crippen LogP contribution < -0.4 is 10.1 Å². The Morgan fingerprint density at radius 2 is 1.79 bits per heavy atom. The Bertz CT molecular complexity index is 1390. The first-order valence-electron chi connectivity index (χ1n) is 9.01. The van der Waals surface area contributed by atoms with E-state index in [1.165, 1.54) is 0 Å². The van der Waals surface area contributed by atoms with Gasteiger partial charge in [-0.1, -0.05) is 30.3 Å². The van der Waals surface area contributed by atoms with E-state index in [9.17, 15) is 28.6 Å². The monoisotopic (exact) mass is 470 g/mol. The van der Waals surface area contributed by atoms with Gasteiger partial charge >= 0.3 is 11.6 Å². The number of sulfone groups is 1. The van der Waals surface area contributed by atoms with E-state index in [0.717, 1.165) is 30.0 Å². The number of nitro benzene ring substituents is 1. The van der Waals surface area contributed by atoms with Crippen LogP contribution in [0.4, 0.5) is 17.2 Å². The molecule has 0 saturated heterocycles. The summed E-state index contributed by atoms with van der Waals surface area (Å²) in [4.78, 5) is 28.7. The van der Waals surface area contributed by atoms with Gasteiger partial charge in [0.15, 0.2) is 0 Å². The number of hydrogen-bond acceptors (Lipinski definition) is 11. The van der Waals surface area contributed by atoms with Crippen LogP contribution in [0, 0.1) is 31.6 Å². The van der Waals surface area contributed by atoms with Crippen molar-refractivity contribution in [3.05, 3.63) is 79.9 Å². The van der Waals surface area contributed by atoms with Crippen LogP contribution in [0.3, 0.4) is 0 Å². The molecule has 0 saturated carbocycles. The lowest BCUT2D eigenvalue weighted by atomic mass is 10.2. The van der Waals surface area contributed by atoms with Crippen LogP contribution in [0.15, 0.2) is 53.7 Å². The molecule has 0 aliphatic rings. The number of nitrogens with zero attached hydrogens (tertiary/aromatic N) is 5. The van der Waals surface area contributed by atoms with Gasteiger partial charge in [-0.25, -0.2) is 8.42 Å². The average molecular weight is 470 g/mol. The summed E-state index contributed by atoms with van der Waals surface area (Å²) < 4.78 is 29.5. The molecule has 13 nitrogen and oxygen atoms in total. The van der Waals surface area contributed by atoms with Gasteiger partial charge in [0.05, 0.1) is 15.9 Å². The van der Waals surface area contributed by atoms with Gasteiger partial charge in [0.2, 0.25) is 15.7 Å². The maximum Gasteiger partial charge on any atom is 0.373 e. The van der Waals surface area contributed by atoms with Crippen molar-refractivity contribution in [2.45, 2.75) is 11.7 Å². The van der Waals surface area contributed by atoms with Crippen LogP contribution in [0.2, 0.25) is 0 Å². The van der Waals surface area contributed by atoms with Gasteiger partial charge in [-0.2, -0.15) is 15.2 Å². The van der Waals surface area contributed by atoms with Gasteiger partial charge in [-0.15, -0.1) is 0 Å².